The first-order valence-corrected chi connectivity index (χ1v) is 13.2. The van der Waals surface area contributed by atoms with E-state index < -0.39 is 23.6 Å². The van der Waals surface area contributed by atoms with E-state index in [-0.39, 0.29) is 16.4 Å². The largest absolute Gasteiger partial charge is 0.508 e. The van der Waals surface area contributed by atoms with E-state index in [4.69, 9.17) is 0 Å². The molecule has 7 nitrogen and oxygen atoms in total. The first-order chi connectivity index (χ1) is 17.8. The fourth-order valence-electron chi connectivity index (χ4n) is 9.04. The van der Waals surface area contributed by atoms with Gasteiger partial charge >= 0.3 is 0 Å². The van der Waals surface area contributed by atoms with Gasteiger partial charge in [-0.2, -0.15) is 0 Å². The number of phenols is 1. The summed E-state index contributed by atoms with van der Waals surface area (Å²) >= 11 is 0. The van der Waals surface area contributed by atoms with E-state index >= 15 is 0 Å². The molecule has 1 aliphatic heterocycles. The highest BCUT2D eigenvalue weighted by molar-refractivity contribution is 5.94. The van der Waals surface area contributed by atoms with Crippen molar-refractivity contribution in [1.82, 2.24) is 15.2 Å². The van der Waals surface area contributed by atoms with Gasteiger partial charge in [-0.25, -0.2) is 0 Å². The Balaban J connectivity index is 1.16. The molecule has 2 bridgehead atoms. The van der Waals surface area contributed by atoms with Gasteiger partial charge in [-0.3, -0.25) is 9.59 Å². The van der Waals surface area contributed by atoms with Gasteiger partial charge in [0.25, 0.3) is 11.5 Å². The Hall–Kier alpha value is -3.42. The number of carbonyl (C=O) groups is 1. The topological polar surface area (TPSA) is 106 Å². The Morgan fingerprint density at radius 2 is 1.92 bits per heavy atom. The number of pyridine rings is 1. The fourth-order valence-corrected chi connectivity index (χ4v) is 9.04. The third kappa shape index (κ3) is 2.58. The van der Waals surface area contributed by atoms with Crippen molar-refractivity contribution in [3.63, 3.8) is 0 Å². The Bertz CT molecular complexity index is 1580. The molecular formula is C30H29N3O4. The molecule has 2 aromatic carbocycles. The molecule has 8 rings (SSSR count). The van der Waals surface area contributed by atoms with E-state index in [1.807, 2.05) is 30.3 Å². The maximum Gasteiger partial charge on any atom is 0.261 e. The number of amides is 1. The summed E-state index contributed by atoms with van der Waals surface area (Å²) in [6.45, 7) is 1.01. The van der Waals surface area contributed by atoms with Gasteiger partial charge in [0.1, 0.15) is 11.3 Å². The van der Waals surface area contributed by atoms with Crippen LogP contribution in [0, 0.1) is 5.92 Å². The Labute approximate surface area is 214 Å². The number of likely N-dealkylation sites (tertiary alicyclic amines) is 1. The number of aromatic amines is 1. The molecule has 2 heterocycles. The molecule has 188 valence electrons. The quantitative estimate of drug-likeness (QED) is 0.436. The zero-order valence-corrected chi connectivity index (χ0v) is 20.6. The van der Waals surface area contributed by atoms with Crippen LogP contribution in [0.2, 0.25) is 0 Å². The van der Waals surface area contributed by atoms with E-state index in [0.717, 1.165) is 41.8 Å². The number of hydrogen-bond acceptors (Lipinski definition) is 5. The number of H-pyrrole nitrogens is 1. The van der Waals surface area contributed by atoms with Crippen LogP contribution in [0.3, 0.4) is 0 Å². The molecule has 1 saturated heterocycles. The highest BCUT2D eigenvalue weighted by atomic mass is 16.3. The van der Waals surface area contributed by atoms with Crippen molar-refractivity contribution in [3.8, 4) is 5.75 Å². The Morgan fingerprint density at radius 1 is 1.08 bits per heavy atom. The van der Waals surface area contributed by atoms with E-state index in [2.05, 4.69) is 28.3 Å². The number of likely N-dealkylation sites (N-methyl/N-ethyl adjacent to an activating group) is 1. The normalized spacial score (nSPS) is 34.1. The van der Waals surface area contributed by atoms with Crippen molar-refractivity contribution in [2.24, 2.45) is 5.92 Å². The van der Waals surface area contributed by atoms with Crippen molar-refractivity contribution in [1.29, 1.82) is 0 Å². The first kappa shape index (κ1) is 21.6. The molecule has 7 heteroatoms. The van der Waals surface area contributed by atoms with E-state index in [1.54, 1.807) is 12.1 Å². The molecule has 1 saturated carbocycles. The van der Waals surface area contributed by atoms with Crippen molar-refractivity contribution >= 4 is 5.91 Å². The molecule has 2 fully saturated rings. The van der Waals surface area contributed by atoms with E-state index in [1.165, 1.54) is 11.1 Å². The second-order valence-electron chi connectivity index (χ2n) is 12.0. The number of aromatic nitrogens is 1. The van der Waals surface area contributed by atoms with Crippen LogP contribution in [-0.2, 0) is 30.1 Å². The number of aromatic hydroxyl groups is 1. The minimum atomic E-state index is -0.714. The molecule has 2 spiro atoms. The summed E-state index contributed by atoms with van der Waals surface area (Å²) in [5, 5.41) is 23.9. The van der Waals surface area contributed by atoms with Crippen molar-refractivity contribution < 1.29 is 15.0 Å². The molecule has 6 atom stereocenters. The van der Waals surface area contributed by atoms with Crippen molar-refractivity contribution in [2.45, 2.75) is 54.7 Å². The molecule has 0 radical (unpaired) electrons. The number of phenolic OH excluding ortho intramolecular Hbond substituents is 1. The third-order valence-corrected chi connectivity index (χ3v) is 10.3. The number of aliphatic hydroxyl groups is 1. The number of hydrogen-bond donors (Lipinski definition) is 4. The SMILES string of the molecule is CN1CC23C[C@@]4(Cc5[nH]c(=O)c(C(=O)N[C@@H]6c7ccccc7C[C@@H]6O)cc5C[C@H]4[C@H]12)c1cc(O)ccc13. The van der Waals surface area contributed by atoms with Crippen LogP contribution in [0.5, 0.6) is 5.75 Å². The van der Waals surface area contributed by atoms with Gasteiger partial charge in [-0.05, 0) is 78.2 Å². The molecular weight excluding hydrogens is 466 g/mol. The Kier molecular flexibility index (Phi) is 4.04. The van der Waals surface area contributed by atoms with Crippen LogP contribution >= 0.6 is 0 Å². The molecule has 4 N–H and O–H groups in total. The molecule has 1 amide bonds. The van der Waals surface area contributed by atoms with Gasteiger partial charge in [0.2, 0.25) is 0 Å². The average Bonchev–Trinajstić information content (AvgIpc) is 3.41. The predicted molar refractivity (Wildman–Crippen MR) is 137 cm³/mol. The lowest BCUT2D eigenvalue weighted by Gasteiger charge is -2.58. The average molecular weight is 496 g/mol. The number of nitrogens with one attached hydrogen (secondary N) is 2. The number of fused-ring (bicyclic) bond motifs is 4. The third-order valence-electron chi connectivity index (χ3n) is 10.3. The van der Waals surface area contributed by atoms with Gasteiger partial charge in [-0.15, -0.1) is 0 Å². The van der Waals surface area contributed by atoms with Crippen LogP contribution in [0.4, 0.5) is 0 Å². The maximum absolute atomic E-state index is 13.3. The number of benzene rings is 2. The zero-order chi connectivity index (χ0) is 25.3. The molecule has 1 aromatic heterocycles. The van der Waals surface area contributed by atoms with Gasteiger partial charge in [-0.1, -0.05) is 30.3 Å². The number of rotatable bonds is 2. The molecule has 5 aliphatic rings. The lowest BCUT2D eigenvalue weighted by molar-refractivity contribution is -0.00144. The fraction of sp³-hybridized carbons (Fsp3) is 0.400. The molecule has 1 unspecified atom stereocenters. The summed E-state index contributed by atoms with van der Waals surface area (Å²) in [6.07, 6.45) is 2.31. The summed E-state index contributed by atoms with van der Waals surface area (Å²) < 4.78 is 0. The molecule has 37 heavy (non-hydrogen) atoms. The van der Waals surface area contributed by atoms with Crippen LogP contribution in [0.1, 0.15) is 56.3 Å². The van der Waals surface area contributed by atoms with E-state index in [0.29, 0.717) is 30.6 Å². The highest BCUT2D eigenvalue weighted by Gasteiger charge is 2.74. The zero-order valence-electron chi connectivity index (χ0n) is 20.6. The van der Waals surface area contributed by atoms with Crippen LogP contribution in [0.25, 0.3) is 0 Å². The minimum Gasteiger partial charge on any atom is -0.508 e. The minimum absolute atomic E-state index is 0.101. The van der Waals surface area contributed by atoms with Gasteiger partial charge in [0.15, 0.2) is 0 Å². The number of nitrogens with zero attached hydrogens (tertiary/aromatic N) is 1. The smallest absolute Gasteiger partial charge is 0.261 e. The van der Waals surface area contributed by atoms with Gasteiger partial charge < -0.3 is 25.4 Å². The Morgan fingerprint density at radius 3 is 2.76 bits per heavy atom. The monoisotopic (exact) mass is 495 g/mol. The molecule has 3 aromatic rings. The molecule has 4 aliphatic carbocycles. The summed E-state index contributed by atoms with van der Waals surface area (Å²) in [4.78, 5) is 32.0. The lowest BCUT2D eigenvalue weighted by atomic mass is 9.58. The highest BCUT2D eigenvalue weighted by Crippen LogP contribution is 2.71. The maximum atomic E-state index is 13.3. The first-order valence-electron chi connectivity index (χ1n) is 13.2. The van der Waals surface area contributed by atoms with Crippen molar-refractivity contribution in [3.05, 3.63) is 98.0 Å². The van der Waals surface area contributed by atoms with E-state index in [9.17, 15) is 19.8 Å². The summed E-state index contributed by atoms with van der Waals surface area (Å²) in [5.41, 5.74) is 6.16. The second kappa shape index (κ2) is 6.91. The van der Waals surface area contributed by atoms with Crippen LogP contribution < -0.4 is 10.9 Å². The summed E-state index contributed by atoms with van der Waals surface area (Å²) in [6, 6.07) is 15.2. The number of carbonyl (C=O) groups excluding carboxylic acids is 1. The van der Waals surface area contributed by atoms with Crippen LogP contribution in [0.15, 0.2) is 53.3 Å². The summed E-state index contributed by atoms with van der Waals surface area (Å²) in [7, 11) is 2.19. The second-order valence-corrected chi connectivity index (χ2v) is 12.0. The predicted octanol–water partition coefficient (Wildman–Crippen LogP) is 2.09. The van der Waals surface area contributed by atoms with Gasteiger partial charge in [0, 0.05) is 35.5 Å². The van der Waals surface area contributed by atoms with Crippen molar-refractivity contribution in [2.75, 3.05) is 13.6 Å². The standard InChI is InChI=1S/C30H29N3O4/c1-33-14-30-13-29(21-11-17(34)6-7-20(21)30)12-23-16(9-22(29)26(30)33)8-19(27(36)31-23)28(37)32-25-18-5-3-2-4-15(18)10-24(25)35/h2-8,11,22,24-26,34-35H,9-10,12-14H2,1H3,(H,31,36)(H,32,37)/t22-,24-,25+,26-,29-,30?/m0/s1. The lowest BCUT2D eigenvalue weighted by Crippen LogP contribution is -2.66. The van der Waals surface area contributed by atoms with Gasteiger partial charge in [0.05, 0.1) is 12.1 Å². The van der Waals surface area contributed by atoms with Crippen LogP contribution in [-0.4, -0.2) is 51.7 Å². The number of aliphatic hydroxyl groups excluding tert-OH is 1. The summed E-state index contributed by atoms with van der Waals surface area (Å²) in [5.74, 6) is 0.200.